The van der Waals surface area contributed by atoms with E-state index in [1.165, 1.54) is 0 Å². The van der Waals surface area contributed by atoms with Crippen molar-refractivity contribution in [3.63, 3.8) is 0 Å². The van der Waals surface area contributed by atoms with Crippen LogP contribution in [0.25, 0.3) is 0 Å². The number of thiazole rings is 1. The van der Waals surface area contributed by atoms with Gasteiger partial charge in [-0.2, -0.15) is 12.6 Å². The molecule has 0 radical (unpaired) electrons. The molecule has 0 saturated heterocycles. The molecule has 0 fully saturated rings. The van der Waals surface area contributed by atoms with Crippen LogP contribution >= 0.6 is 24.0 Å². The van der Waals surface area contributed by atoms with E-state index in [1.807, 2.05) is 12.3 Å². The van der Waals surface area contributed by atoms with Gasteiger partial charge in [-0.25, -0.2) is 0 Å². The maximum atomic E-state index is 3.79. The Kier molecular flexibility index (Phi) is 6.96. The molecule has 46 valence electrons. The summed E-state index contributed by atoms with van der Waals surface area (Å²) in [4.78, 5) is 3.74. The highest BCUT2D eigenvalue weighted by Crippen LogP contribution is 1.85. The van der Waals surface area contributed by atoms with Crippen LogP contribution in [0.2, 0.25) is 0 Å². The molecule has 0 aliphatic carbocycles. The predicted molar refractivity (Wildman–Crippen MR) is 41.6 cm³/mol. The number of hydrogen-bond donors (Lipinski definition) is 1. The molecule has 1 aromatic heterocycles. The fourth-order valence-corrected chi connectivity index (χ4v) is 0.527. The van der Waals surface area contributed by atoms with Crippen molar-refractivity contribution >= 4 is 24.0 Å². The molecule has 1 aromatic rings. The number of rotatable bonds is 0. The minimum atomic E-state index is 0.944. The quantitative estimate of drug-likeness (QED) is 0.554. The standard InChI is InChI=1S/C3H3NS.C2H6S/c1-2-5-3-4-1;1-2-3/h1-3H;3H,2H2,1H3. The van der Waals surface area contributed by atoms with Gasteiger partial charge in [0.15, 0.2) is 0 Å². The van der Waals surface area contributed by atoms with Gasteiger partial charge in [0.05, 0.1) is 5.51 Å². The van der Waals surface area contributed by atoms with Crippen LogP contribution in [0, 0.1) is 0 Å². The maximum Gasteiger partial charge on any atom is 0.0791 e. The van der Waals surface area contributed by atoms with Crippen molar-refractivity contribution in [1.82, 2.24) is 4.98 Å². The van der Waals surface area contributed by atoms with Crippen LogP contribution in [0.1, 0.15) is 6.92 Å². The van der Waals surface area contributed by atoms with Crippen molar-refractivity contribution in [3.8, 4) is 0 Å². The summed E-state index contributed by atoms with van der Waals surface area (Å²) in [6.45, 7) is 1.99. The second-order valence-corrected chi connectivity index (χ2v) is 2.38. The van der Waals surface area contributed by atoms with Gasteiger partial charge in [-0.15, -0.1) is 11.3 Å². The molecule has 0 atom stereocenters. The zero-order valence-corrected chi connectivity index (χ0v) is 6.45. The van der Waals surface area contributed by atoms with Gasteiger partial charge in [0, 0.05) is 11.6 Å². The lowest BCUT2D eigenvalue weighted by atomic mass is 11.0. The molecular weight excluding hydrogens is 138 g/mol. The summed E-state index contributed by atoms with van der Waals surface area (Å²) in [6.07, 6.45) is 1.77. The van der Waals surface area contributed by atoms with Gasteiger partial charge in [0.2, 0.25) is 0 Å². The Morgan fingerprint density at radius 1 is 1.75 bits per heavy atom. The highest BCUT2D eigenvalue weighted by molar-refractivity contribution is 7.80. The van der Waals surface area contributed by atoms with Crippen LogP contribution in [-0.4, -0.2) is 10.7 Å². The molecule has 0 aromatic carbocycles. The van der Waals surface area contributed by atoms with Gasteiger partial charge >= 0.3 is 0 Å². The highest BCUT2D eigenvalue weighted by Gasteiger charge is 1.59. The number of thiol groups is 1. The molecule has 0 N–H and O–H groups in total. The molecule has 0 aliphatic rings. The summed E-state index contributed by atoms with van der Waals surface area (Å²) in [5, 5.41) is 1.93. The molecule has 3 heteroatoms. The van der Waals surface area contributed by atoms with Gasteiger partial charge in [-0.05, 0) is 5.75 Å². The molecule has 8 heavy (non-hydrogen) atoms. The molecule has 0 saturated carbocycles. The summed E-state index contributed by atoms with van der Waals surface area (Å²) in [5.41, 5.74) is 1.79. The van der Waals surface area contributed by atoms with Crippen LogP contribution < -0.4 is 0 Å². The molecule has 0 aliphatic heterocycles. The van der Waals surface area contributed by atoms with Gasteiger partial charge in [0.25, 0.3) is 0 Å². The summed E-state index contributed by atoms with van der Waals surface area (Å²) >= 11 is 5.39. The minimum absolute atomic E-state index is 0.944. The third-order valence-electron chi connectivity index (χ3n) is 0.347. The first-order chi connectivity index (χ1) is 3.91. The summed E-state index contributed by atoms with van der Waals surface area (Å²) in [5.74, 6) is 0.944. The number of nitrogens with zero attached hydrogens (tertiary/aromatic N) is 1. The molecular formula is C5H9NS2. The Hall–Kier alpha value is -0.0200. The lowest BCUT2D eigenvalue weighted by Crippen LogP contribution is -1.38. The van der Waals surface area contributed by atoms with Crippen molar-refractivity contribution in [2.24, 2.45) is 0 Å². The van der Waals surface area contributed by atoms with Crippen LogP contribution in [0.3, 0.4) is 0 Å². The largest absolute Gasteiger partial charge is 0.253 e. The van der Waals surface area contributed by atoms with Gasteiger partial charge in [-0.1, -0.05) is 6.92 Å². The van der Waals surface area contributed by atoms with E-state index in [0.717, 1.165) is 5.75 Å². The summed E-state index contributed by atoms with van der Waals surface area (Å²) in [7, 11) is 0. The maximum absolute atomic E-state index is 3.79. The molecule has 0 unspecified atom stereocenters. The first-order valence-electron chi connectivity index (χ1n) is 2.34. The molecule has 1 rings (SSSR count). The number of hydrogen-bond acceptors (Lipinski definition) is 3. The molecule has 1 nitrogen and oxygen atoms in total. The molecule has 0 bridgehead atoms. The monoisotopic (exact) mass is 147 g/mol. The summed E-state index contributed by atoms with van der Waals surface area (Å²) in [6, 6.07) is 0. The Balaban J connectivity index is 0.000000145. The third-order valence-corrected chi connectivity index (χ3v) is 0.869. The average Bonchev–Trinajstić information content (AvgIpc) is 2.17. The van der Waals surface area contributed by atoms with E-state index < -0.39 is 0 Å². The SMILES string of the molecule is CCS.c1cscn1. The van der Waals surface area contributed by atoms with Crippen molar-refractivity contribution < 1.29 is 0 Å². The second kappa shape index (κ2) is 6.98. The normalized spacial score (nSPS) is 7.25. The fourth-order valence-electron chi connectivity index (χ4n) is 0.176. The van der Waals surface area contributed by atoms with Crippen LogP contribution in [0.15, 0.2) is 17.1 Å². The minimum Gasteiger partial charge on any atom is -0.253 e. The third kappa shape index (κ3) is 5.98. The Morgan fingerprint density at radius 2 is 2.38 bits per heavy atom. The van der Waals surface area contributed by atoms with Crippen LogP contribution in [0.4, 0.5) is 0 Å². The Labute approximate surface area is 59.2 Å². The van der Waals surface area contributed by atoms with Crippen molar-refractivity contribution in [2.45, 2.75) is 6.92 Å². The van der Waals surface area contributed by atoms with E-state index in [0.29, 0.717) is 0 Å². The zero-order chi connectivity index (χ0) is 6.24. The van der Waals surface area contributed by atoms with E-state index in [-0.39, 0.29) is 0 Å². The Morgan fingerprint density at radius 3 is 2.50 bits per heavy atom. The lowest BCUT2D eigenvalue weighted by Gasteiger charge is -1.48. The fraction of sp³-hybridized carbons (Fsp3) is 0.400. The second-order valence-electron chi connectivity index (χ2n) is 0.992. The lowest BCUT2D eigenvalue weighted by molar-refractivity contribution is 1.43. The first kappa shape index (κ1) is 7.98. The van der Waals surface area contributed by atoms with E-state index in [1.54, 1.807) is 23.0 Å². The van der Waals surface area contributed by atoms with Crippen molar-refractivity contribution in [2.75, 3.05) is 5.75 Å². The van der Waals surface area contributed by atoms with E-state index in [2.05, 4.69) is 17.6 Å². The van der Waals surface area contributed by atoms with Crippen LogP contribution in [0.5, 0.6) is 0 Å². The average molecular weight is 147 g/mol. The molecule has 1 heterocycles. The molecule has 0 amide bonds. The summed E-state index contributed by atoms with van der Waals surface area (Å²) < 4.78 is 0. The van der Waals surface area contributed by atoms with E-state index >= 15 is 0 Å². The van der Waals surface area contributed by atoms with Gasteiger partial charge in [-0.3, -0.25) is 4.98 Å². The van der Waals surface area contributed by atoms with Crippen molar-refractivity contribution in [1.29, 1.82) is 0 Å². The molecule has 0 spiro atoms. The van der Waals surface area contributed by atoms with Gasteiger partial charge in [0.1, 0.15) is 0 Å². The highest BCUT2D eigenvalue weighted by atomic mass is 32.1. The topological polar surface area (TPSA) is 12.9 Å². The van der Waals surface area contributed by atoms with E-state index in [4.69, 9.17) is 0 Å². The van der Waals surface area contributed by atoms with Crippen molar-refractivity contribution in [3.05, 3.63) is 17.1 Å². The van der Waals surface area contributed by atoms with Crippen LogP contribution in [-0.2, 0) is 0 Å². The number of aromatic nitrogens is 1. The Bertz CT molecular complexity index is 77.3. The predicted octanol–water partition coefficient (Wildman–Crippen LogP) is 2.08. The van der Waals surface area contributed by atoms with E-state index in [9.17, 15) is 0 Å². The zero-order valence-electron chi connectivity index (χ0n) is 4.74. The smallest absolute Gasteiger partial charge is 0.0791 e. The first-order valence-corrected chi connectivity index (χ1v) is 3.92. The van der Waals surface area contributed by atoms with Gasteiger partial charge < -0.3 is 0 Å².